The summed E-state index contributed by atoms with van der Waals surface area (Å²) in [6, 6.07) is 7.94. The van der Waals surface area contributed by atoms with Crippen molar-refractivity contribution in [1.29, 1.82) is 0 Å². The number of hydrogen-bond donors (Lipinski definition) is 1. The Bertz CT molecular complexity index is 974. The van der Waals surface area contributed by atoms with E-state index in [-0.39, 0.29) is 24.5 Å². The molecule has 0 bridgehead atoms. The zero-order valence-electron chi connectivity index (χ0n) is 21.2. The summed E-state index contributed by atoms with van der Waals surface area (Å²) in [5.74, 6) is 1.15. The molecule has 0 saturated heterocycles. The molecule has 186 valence electrons. The molecule has 1 N–H and O–H groups in total. The molecule has 0 unspecified atom stereocenters. The molecule has 0 aliphatic carbocycles. The van der Waals surface area contributed by atoms with E-state index in [2.05, 4.69) is 43.6 Å². The number of benzene rings is 1. The van der Waals surface area contributed by atoms with Crippen LogP contribution in [-0.2, 0) is 11.2 Å². The van der Waals surface area contributed by atoms with Gasteiger partial charge < -0.3 is 19.9 Å². The van der Waals surface area contributed by atoms with E-state index < -0.39 is 0 Å². The topological polar surface area (TPSA) is 61.9 Å². The number of nitrogens with zero attached hydrogens (tertiary/aromatic N) is 2. The van der Waals surface area contributed by atoms with E-state index >= 15 is 0 Å². The summed E-state index contributed by atoms with van der Waals surface area (Å²) in [6.07, 6.45) is 2.66. The van der Waals surface area contributed by atoms with Crippen molar-refractivity contribution < 1.29 is 14.3 Å². The molecule has 3 rings (SSSR count). The first-order valence-corrected chi connectivity index (χ1v) is 13.3. The number of aryl methyl sites for hydroxylation is 2. The number of hydrogen-bond acceptors (Lipinski definition) is 4. The van der Waals surface area contributed by atoms with Crippen molar-refractivity contribution in [2.75, 3.05) is 32.8 Å². The summed E-state index contributed by atoms with van der Waals surface area (Å²) in [4.78, 5) is 31.3. The van der Waals surface area contributed by atoms with Crippen molar-refractivity contribution in [2.45, 2.75) is 59.9 Å². The SMILES string of the molecule is CCCNC(=O)N(CC(=O)N1CCc2sccc2[C@@H]1COc1ccc(C)cc1C)C[C@@H](C)CC. The first-order valence-electron chi connectivity index (χ1n) is 12.4. The van der Waals surface area contributed by atoms with Crippen LogP contribution >= 0.6 is 11.3 Å². The lowest BCUT2D eigenvalue weighted by molar-refractivity contribution is -0.135. The second-order valence-electron chi connectivity index (χ2n) is 9.36. The molecule has 1 aromatic carbocycles. The highest BCUT2D eigenvalue weighted by Gasteiger charge is 2.33. The summed E-state index contributed by atoms with van der Waals surface area (Å²) in [6.45, 7) is 12.7. The Morgan fingerprint density at radius 1 is 1.26 bits per heavy atom. The molecule has 3 amide bonds. The number of rotatable bonds is 10. The number of fused-ring (bicyclic) bond motifs is 1. The van der Waals surface area contributed by atoms with Crippen LogP contribution in [0.3, 0.4) is 0 Å². The van der Waals surface area contributed by atoms with Crippen molar-refractivity contribution in [3.63, 3.8) is 0 Å². The second-order valence-corrected chi connectivity index (χ2v) is 10.4. The minimum absolute atomic E-state index is 0.0268. The Labute approximate surface area is 208 Å². The van der Waals surface area contributed by atoms with Gasteiger partial charge in [0.2, 0.25) is 5.91 Å². The van der Waals surface area contributed by atoms with Crippen LogP contribution in [-0.4, -0.2) is 54.5 Å². The van der Waals surface area contributed by atoms with Crippen LogP contribution in [0.5, 0.6) is 5.75 Å². The van der Waals surface area contributed by atoms with E-state index in [9.17, 15) is 9.59 Å². The van der Waals surface area contributed by atoms with Gasteiger partial charge in [0.15, 0.2) is 0 Å². The van der Waals surface area contributed by atoms with E-state index in [0.717, 1.165) is 30.6 Å². The van der Waals surface area contributed by atoms with Gasteiger partial charge in [-0.05, 0) is 61.2 Å². The largest absolute Gasteiger partial charge is 0.491 e. The van der Waals surface area contributed by atoms with Gasteiger partial charge in [0.25, 0.3) is 0 Å². The van der Waals surface area contributed by atoms with Gasteiger partial charge in [0, 0.05) is 24.5 Å². The zero-order valence-corrected chi connectivity index (χ0v) is 22.0. The molecule has 0 fully saturated rings. The molecule has 0 saturated carbocycles. The number of urea groups is 1. The summed E-state index contributed by atoms with van der Waals surface area (Å²) in [5.41, 5.74) is 3.45. The molecule has 2 heterocycles. The first kappa shape index (κ1) is 26.1. The van der Waals surface area contributed by atoms with Crippen LogP contribution in [0, 0.1) is 19.8 Å². The Morgan fingerprint density at radius 2 is 2.06 bits per heavy atom. The minimum atomic E-state index is -0.160. The highest BCUT2D eigenvalue weighted by atomic mass is 32.1. The van der Waals surface area contributed by atoms with E-state index in [1.807, 2.05) is 30.9 Å². The third-order valence-corrected chi connectivity index (χ3v) is 7.51. The molecule has 0 radical (unpaired) electrons. The van der Waals surface area contributed by atoms with Gasteiger partial charge in [-0.1, -0.05) is 44.9 Å². The Morgan fingerprint density at radius 3 is 2.76 bits per heavy atom. The van der Waals surface area contributed by atoms with Crippen LogP contribution in [0.1, 0.15) is 61.2 Å². The van der Waals surface area contributed by atoms with Crippen LogP contribution in [0.4, 0.5) is 4.79 Å². The monoisotopic (exact) mass is 485 g/mol. The lowest BCUT2D eigenvalue weighted by Crippen LogP contribution is -2.50. The molecule has 7 heteroatoms. The highest BCUT2D eigenvalue weighted by Crippen LogP contribution is 2.34. The summed E-state index contributed by atoms with van der Waals surface area (Å²) >= 11 is 1.74. The fourth-order valence-corrected chi connectivity index (χ4v) is 5.26. The number of amides is 3. The normalized spacial score (nSPS) is 16.0. The van der Waals surface area contributed by atoms with Gasteiger partial charge in [-0.3, -0.25) is 4.79 Å². The van der Waals surface area contributed by atoms with Gasteiger partial charge in [0.1, 0.15) is 18.9 Å². The van der Waals surface area contributed by atoms with Crippen LogP contribution in [0.2, 0.25) is 0 Å². The fourth-order valence-electron chi connectivity index (χ4n) is 4.33. The van der Waals surface area contributed by atoms with E-state index in [0.29, 0.717) is 32.2 Å². The Balaban J connectivity index is 1.77. The van der Waals surface area contributed by atoms with Crippen LogP contribution < -0.4 is 10.1 Å². The quantitative estimate of drug-likeness (QED) is 0.494. The smallest absolute Gasteiger partial charge is 0.317 e. The Kier molecular flexibility index (Phi) is 9.39. The maximum atomic E-state index is 13.6. The summed E-state index contributed by atoms with van der Waals surface area (Å²) in [5, 5.41) is 5.04. The van der Waals surface area contributed by atoms with Crippen molar-refractivity contribution >= 4 is 23.3 Å². The molecule has 2 atom stereocenters. The van der Waals surface area contributed by atoms with Crippen molar-refractivity contribution in [1.82, 2.24) is 15.1 Å². The number of thiophene rings is 1. The van der Waals surface area contributed by atoms with Gasteiger partial charge in [-0.2, -0.15) is 0 Å². The molecule has 1 aliphatic heterocycles. The zero-order chi connectivity index (χ0) is 24.7. The molecule has 1 aromatic heterocycles. The third-order valence-electron chi connectivity index (χ3n) is 6.51. The first-order chi connectivity index (χ1) is 16.3. The summed E-state index contributed by atoms with van der Waals surface area (Å²) in [7, 11) is 0. The second kappa shape index (κ2) is 12.2. The van der Waals surface area contributed by atoms with Gasteiger partial charge >= 0.3 is 6.03 Å². The highest BCUT2D eigenvalue weighted by molar-refractivity contribution is 7.10. The van der Waals surface area contributed by atoms with Gasteiger partial charge in [0.05, 0.1) is 6.04 Å². The van der Waals surface area contributed by atoms with Crippen molar-refractivity contribution in [2.24, 2.45) is 5.92 Å². The molecule has 2 aromatic rings. The van der Waals surface area contributed by atoms with Crippen LogP contribution in [0.25, 0.3) is 0 Å². The molecule has 34 heavy (non-hydrogen) atoms. The molecular formula is C27H39N3O3S. The van der Waals surface area contributed by atoms with Gasteiger partial charge in [-0.25, -0.2) is 4.79 Å². The molecule has 1 aliphatic rings. The number of ether oxygens (including phenoxy) is 1. The lowest BCUT2D eigenvalue weighted by Gasteiger charge is -2.37. The molecule has 6 nitrogen and oxygen atoms in total. The van der Waals surface area contributed by atoms with Crippen molar-refractivity contribution in [3.8, 4) is 5.75 Å². The van der Waals surface area contributed by atoms with Crippen molar-refractivity contribution in [3.05, 3.63) is 51.2 Å². The Hall–Kier alpha value is -2.54. The van der Waals surface area contributed by atoms with E-state index in [1.165, 1.54) is 16.0 Å². The predicted molar refractivity (Wildman–Crippen MR) is 139 cm³/mol. The lowest BCUT2D eigenvalue weighted by atomic mass is 10.00. The molecule has 0 spiro atoms. The summed E-state index contributed by atoms with van der Waals surface area (Å²) < 4.78 is 6.24. The predicted octanol–water partition coefficient (Wildman–Crippen LogP) is 5.34. The maximum absolute atomic E-state index is 13.6. The van der Waals surface area contributed by atoms with E-state index in [4.69, 9.17) is 4.74 Å². The van der Waals surface area contributed by atoms with Crippen LogP contribution in [0.15, 0.2) is 29.6 Å². The standard InChI is InChI=1S/C27H39N3O3S/c1-6-12-28-27(32)29(16-19(3)7-2)17-26(31)30-13-10-25-22(11-14-34-25)23(30)18-33-24-9-8-20(4)15-21(24)5/h8-9,11,14-15,19,23H,6-7,10,12-13,16-18H2,1-5H3,(H,28,32)/t19-,23-/m0/s1. The minimum Gasteiger partial charge on any atom is -0.491 e. The maximum Gasteiger partial charge on any atom is 0.317 e. The fraction of sp³-hybridized carbons (Fsp3) is 0.556. The third kappa shape index (κ3) is 6.53. The number of carbonyl (C=O) groups is 2. The molecular weight excluding hydrogens is 446 g/mol. The average Bonchev–Trinajstić information content (AvgIpc) is 3.30. The average molecular weight is 486 g/mol. The van der Waals surface area contributed by atoms with E-state index in [1.54, 1.807) is 16.2 Å². The number of carbonyl (C=O) groups excluding carboxylic acids is 2. The number of nitrogens with one attached hydrogen (secondary N) is 1. The van der Waals surface area contributed by atoms with Gasteiger partial charge in [-0.15, -0.1) is 11.3 Å².